The third-order valence-corrected chi connectivity index (χ3v) is 3.30. The van der Waals surface area contributed by atoms with Gasteiger partial charge in [-0.15, -0.1) is 12.6 Å². The van der Waals surface area contributed by atoms with Crippen molar-refractivity contribution in [1.29, 1.82) is 0 Å². The molecule has 0 radical (unpaired) electrons. The van der Waals surface area contributed by atoms with Gasteiger partial charge in [-0.05, 0) is 30.0 Å². The van der Waals surface area contributed by atoms with Crippen molar-refractivity contribution in [2.45, 2.75) is 50.8 Å². The summed E-state index contributed by atoms with van der Waals surface area (Å²) in [7, 11) is 0. The highest BCUT2D eigenvalue weighted by atomic mass is 32.1. The SMILES string of the molecule is CCCCC(CC)Cc1ccc(S)cc1. The number of thiol groups is 1. The summed E-state index contributed by atoms with van der Waals surface area (Å²) in [6, 6.07) is 8.59. The van der Waals surface area contributed by atoms with Crippen LogP contribution >= 0.6 is 12.6 Å². The van der Waals surface area contributed by atoms with Crippen LogP contribution in [0.1, 0.15) is 45.1 Å². The van der Waals surface area contributed by atoms with Gasteiger partial charge in [-0.3, -0.25) is 0 Å². The second-order valence-corrected chi connectivity index (χ2v) is 4.80. The van der Waals surface area contributed by atoms with E-state index in [0.29, 0.717) is 0 Å². The van der Waals surface area contributed by atoms with Gasteiger partial charge in [0.05, 0.1) is 0 Å². The molecule has 0 aliphatic rings. The van der Waals surface area contributed by atoms with Crippen LogP contribution in [0.5, 0.6) is 0 Å². The van der Waals surface area contributed by atoms with Crippen molar-refractivity contribution in [1.82, 2.24) is 0 Å². The molecule has 1 atom stereocenters. The molecule has 0 N–H and O–H groups in total. The Hall–Kier alpha value is -0.430. The molecule has 0 aliphatic heterocycles. The second kappa shape index (κ2) is 6.95. The average molecular weight is 222 g/mol. The minimum absolute atomic E-state index is 0.857. The van der Waals surface area contributed by atoms with E-state index >= 15 is 0 Å². The standard InChI is InChI=1S/C14H22S/c1-3-5-6-12(4-2)11-13-7-9-14(15)10-8-13/h7-10,12,15H,3-6,11H2,1-2H3. The van der Waals surface area contributed by atoms with E-state index in [2.05, 4.69) is 50.7 Å². The van der Waals surface area contributed by atoms with Gasteiger partial charge < -0.3 is 0 Å². The molecule has 1 aromatic rings. The normalized spacial score (nSPS) is 12.7. The van der Waals surface area contributed by atoms with E-state index in [0.717, 1.165) is 10.8 Å². The van der Waals surface area contributed by atoms with Gasteiger partial charge in [-0.1, -0.05) is 51.7 Å². The minimum Gasteiger partial charge on any atom is -0.143 e. The zero-order valence-corrected chi connectivity index (χ0v) is 10.8. The first-order chi connectivity index (χ1) is 7.26. The predicted molar refractivity (Wildman–Crippen MR) is 70.7 cm³/mol. The summed E-state index contributed by atoms with van der Waals surface area (Å²) in [5, 5.41) is 0. The Morgan fingerprint density at radius 1 is 1.13 bits per heavy atom. The lowest BCUT2D eigenvalue weighted by Gasteiger charge is -2.14. The van der Waals surface area contributed by atoms with Crippen molar-refractivity contribution in [3.8, 4) is 0 Å². The fourth-order valence-electron chi connectivity index (χ4n) is 1.91. The molecule has 84 valence electrons. The van der Waals surface area contributed by atoms with Crippen LogP contribution in [0.4, 0.5) is 0 Å². The molecule has 0 nitrogen and oxygen atoms in total. The molecular weight excluding hydrogens is 200 g/mol. The van der Waals surface area contributed by atoms with E-state index in [-0.39, 0.29) is 0 Å². The van der Waals surface area contributed by atoms with Crippen LogP contribution < -0.4 is 0 Å². The number of hydrogen-bond acceptors (Lipinski definition) is 1. The van der Waals surface area contributed by atoms with Crippen LogP contribution in [0.15, 0.2) is 29.2 Å². The van der Waals surface area contributed by atoms with E-state index in [4.69, 9.17) is 0 Å². The predicted octanol–water partition coefficient (Wildman–Crippen LogP) is 4.73. The molecule has 0 amide bonds. The summed E-state index contributed by atoms with van der Waals surface area (Å²) in [4.78, 5) is 1.06. The van der Waals surface area contributed by atoms with Crippen LogP contribution in [0.25, 0.3) is 0 Å². The van der Waals surface area contributed by atoms with E-state index in [9.17, 15) is 0 Å². The molecule has 15 heavy (non-hydrogen) atoms. The van der Waals surface area contributed by atoms with Gasteiger partial charge in [0.15, 0.2) is 0 Å². The van der Waals surface area contributed by atoms with Gasteiger partial charge >= 0.3 is 0 Å². The van der Waals surface area contributed by atoms with Crippen molar-refractivity contribution >= 4 is 12.6 Å². The average Bonchev–Trinajstić information content (AvgIpc) is 2.27. The van der Waals surface area contributed by atoms with E-state index in [1.54, 1.807) is 0 Å². The molecule has 0 saturated carbocycles. The van der Waals surface area contributed by atoms with Crippen molar-refractivity contribution in [2.24, 2.45) is 5.92 Å². The molecule has 0 heterocycles. The highest BCUT2D eigenvalue weighted by Gasteiger charge is 2.06. The van der Waals surface area contributed by atoms with Crippen LogP contribution in [0.2, 0.25) is 0 Å². The van der Waals surface area contributed by atoms with Crippen molar-refractivity contribution in [3.63, 3.8) is 0 Å². The zero-order chi connectivity index (χ0) is 11.1. The molecule has 1 rings (SSSR count). The molecular formula is C14H22S. The Balaban J connectivity index is 2.47. The maximum absolute atomic E-state index is 4.30. The lowest BCUT2D eigenvalue weighted by molar-refractivity contribution is 0.449. The van der Waals surface area contributed by atoms with Crippen molar-refractivity contribution in [3.05, 3.63) is 29.8 Å². The summed E-state index contributed by atoms with van der Waals surface area (Å²) < 4.78 is 0. The second-order valence-electron chi connectivity index (χ2n) is 4.29. The zero-order valence-electron chi connectivity index (χ0n) is 9.87. The van der Waals surface area contributed by atoms with Crippen LogP contribution in [-0.4, -0.2) is 0 Å². The maximum Gasteiger partial charge on any atom is 0.00401 e. The van der Waals surface area contributed by atoms with Gasteiger partial charge in [0.1, 0.15) is 0 Å². The molecule has 1 heteroatoms. The van der Waals surface area contributed by atoms with Crippen molar-refractivity contribution < 1.29 is 0 Å². The fourth-order valence-corrected chi connectivity index (χ4v) is 2.06. The summed E-state index contributed by atoms with van der Waals surface area (Å²) in [6.45, 7) is 4.57. The lowest BCUT2D eigenvalue weighted by Crippen LogP contribution is -2.03. The highest BCUT2D eigenvalue weighted by Crippen LogP contribution is 2.19. The molecule has 0 aliphatic carbocycles. The molecule has 1 unspecified atom stereocenters. The van der Waals surface area contributed by atoms with Gasteiger partial charge in [0.2, 0.25) is 0 Å². The van der Waals surface area contributed by atoms with E-state index in [1.165, 1.54) is 37.7 Å². The number of benzene rings is 1. The number of unbranched alkanes of at least 4 members (excludes halogenated alkanes) is 1. The third kappa shape index (κ3) is 4.74. The van der Waals surface area contributed by atoms with E-state index in [1.807, 2.05) is 0 Å². The molecule has 0 aromatic heterocycles. The fraction of sp³-hybridized carbons (Fsp3) is 0.571. The Morgan fingerprint density at radius 2 is 1.80 bits per heavy atom. The van der Waals surface area contributed by atoms with Gasteiger partial charge in [-0.25, -0.2) is 0 Å². The summed E-state index contributed by atoms with van der Waals surface area (Å²) in [5.41, 5.74) is 1.45. The highest BCUT2D eigenvalue weighted by molar-refractivity contribution is 7.80. The largest absolute Gasteiger partial charge is 0.143 e. The Bertz CT molecular complexity index is 263. The number of hydrogen-bond donors (Lipinski definition) is 1. The van der Waals surface area contributed by atoms with Crippen LogP contribution in [0, 0.1) is 5.92 Å². The Kier molecular flexibility index (Phi) is 5.85. The quantitative estimate of drug-likeness (QED) is 0.661. The third-order valence-electron chi connectivity index (χ3n) is 3.00. The smallest absolute Gasteiger partial charge is 0.00401 e. The first-order valence-electron chi connectivity index (χ1n) is 6.04. The minimum atomic E-state index is 0.857. The maximum atomic E-state index is 4.30. The van der Waals surface area contributed by atoms with Crippen LogP contribution in [0.3, 0.4) is 0 Å². The topological polar surface area (TPSA) is 0 Å². The molecule has 0 fully saturated rings. The molecule has 0 spiro atoms. The summed E-state index contributed by atoms with van der Waals surface area (Å²) >= 11 is 4.30. The first kappa shape index (κ1) is 12.6. The van der Waals surface area contributed by atoms with Crippen LogP contribution in [-0.2, 0) is 6.42 Å². The summed E-state index contributed by atoms with van der Waals surface area (Å²) in [5.74, 6) is 0.857. The Labute approximate surface area is 99.5 Å². The van der Waals surface area contributed by atoms with E-state index < -0.39 is 0 Å². The Morgan fingerprint density at radius 3 is 2.33 bits per heavy atom. The number of rotatable bonds is 6. The van der Waals surface area contributed by atoms with Gasteiger partial charge in [0.25, 0.3) is 0 Å². The summed E-state index contributed by atoms with van der Waals surface area (Å²) in [6.07, 6.45) is 6.57. The molecule has 0 saturated heterocycles. The monoisotopic (exact) mass is 222 g/mol. The van der Waals surface area contributed by atoms with Crippen molar-refractivity contribution in [2.75, 3.05) is 0 Å². The van der Waals surface area contributed by atoms with Gasteiger partial charge in [-0.2, -0.15) is 0 Å². The molecule has 1 aromatic carbocycles. The molecule has 0 bridgehead atoms. The first-order valence-corrected chi connectivity index (χ1v) is 6.48. The van der Waals surface area contributed by atoms with Gasteiger partial charge in [0, 0.05) is 4.90 Å². The lowest BCUT2D eigenvalue weighted by atomic mass is 9.92.